The number of carboxylic acid groups (broad SMARTS) is 1. The fraction of sp³-hybridized carbons (Fsp3) is 0.412. The minimum Gasteiger partial charge on any atom is -0.543 e. The molecule has 0 bridgehead atoms. The van der Waals surface area contributed by atoms with Gasteiger partial charge in [0.05, 0.1) is 17.5 Å². The van der Waals surface area contributed by atoms with Crippen LogP contribution in [-0.2, 0) is 31.1 Å². The number of thioether (sulfide) groups is 2. The zero-order chi connectivity index (χ0) is 25.2. The predicted octanol–water partition coefficient (Wildman–Crippen LogP) is -3.23. The number of alkyl halides is 1. The van der Waals surface area contributed by atoms with Crippen LogP contribution in [0.1, 0.15) is 0 Å². The van der Waals surface area contributed by atoms with Gasteiger partial charge in [0.25, 0.3) is 11.8 Å². The van der Waals surface area contributed by atoms with Crippen LogP contribution in [0.15, 0.2) is 31.2 Å². The number of aryl methyl sites for hydroxylation is 1. The fourth-order valence-electron chi connectivity index (χ4n) is 3.11. The van der Waals surface area contributed by atoms with Crippen LogP contribution >= 0.6 is 35.1 Å². The number of amides is 2. The Morgan fingerprint density at radius 1 is 1.38 bits per heavy atom. The lowest BCUT2D eigenvalue weighted by Crippen LogP contribution is -2.71. The van der Waals surface area contributed by atoms with E-state index in [-0.39, 0.29) is 22.4 Å². The molecule has 2 N–H and O–H groups in total. The third-order valence-corrected chi connectivity index (χ3v) is 7.33. The predicted molar refractivity (Wildman–Crippen MR) is 118 cm³/mol. The van der Waals surface area contributed by atoms with E-state index >= 15 is 0 Å². The number of aromatic amines is 1. The number of β-lactam (4-membered cyclic amide) rings is 1. The summed E-state index contributed by atoms with van der Waals surface area (Å²) in [6, 6.07) is -1.12. The highest BCUT2D eigenvalue weighted by Gasteiger charge is 2.53. The molecule has 2 amide bonds. The standard InChI is InChI=1S/C17H17ClN6O8S2/c1-23-17(20-12(27)13(28)21-23)34-5-6-4-33-15-9(14(29)24(15)10(6)16(30)31)19-11(26)8(22-32-2)7(25)3-18/h9,15H,3-5H2,1-2H3,(H,19,26)(H,21,28)(H,30,31)/p-1/b22-8+. The molecule has 1 aromatic heterocycles. The van der Waals surface area contributed by atoms with Crippen molar-refractivity contribution in [3.63, 3.8) is 0 Å². The van der Waals surface area contributed by atoms with E-state index in [1.807, 2.05) is 0 Å². The van der Waals surface area contributed by atoms with Gasteiger partial charge in [-0.3, -0.25) is 38.7 Å². The number of ketones is 1. The van der Waals surface area contributed by atoms with Crippen molar-refractivity contribution < 1.29 is 29.1 Å². The van der Waals surface area contributed by atoms with Crippen LogP contribution in [0.3, 0.4) is 0 Å². The summed E-state index contributed by atoms with van der Waals surface area (Å²) in [6.07, 6.45) is 0. The maximum atomic E-state index is 12.7. The van der Waals surface area contributed by atoms with E-state index in [2.05, 4.69) is 25.4 Å². The minimum absolute atomic E-state index is 0.0328. The van der Waals surface area contributed by atoms with Gasteiger partial charge in [0, 0.05) is 18.6 Å². The highest BCUT2D eigenvalue weighted by molar-refractivity contribution is 8.01. The summed E-state index contributed by atoms with van der Waals surface area (Å²) in [5.41, 5.74) is -2.56. The molecule has 2 aliphatic rings. The number of rotatable bonds is 9. The molecule has 0 spiro atoms. The molecule has 0 saturated carbocycles. The van der Waals surface area contributed by atoms with Crippen molar-refractivity contribution in [2.75, 3.05) is 24.5 Å². The zero-order valence-electron chi connectivity index (χ0n) is 17.5. The molecule has 0 aliphatic carbocycles. The van der Waals surface area contributed by atoms with E-state index in [1.54, 1.807) is 0 Å². The maximum Gasteiger partial charge on any atom is 0.339 e. The first-order chi connectivity index (χ1) is 16.1. The van der Waals surface area contributed by atoms with E-state index in [4.69, 9.17) is 11.6 Å². The molecular weight excluding hydrogens is 516 g/mol. The van der Waals surface area contributed by atoms with Crippen LogP contribution in [0, 0.1) is 0 Å². The van der Waals surface area contributed by atoms with Gasteiger partial charge in [-0.25, -0.2) is 0 Å². The van der Waals surface area contributed by atoms with Gasteiger partial charge >= 0.3 is 11.1 Å². The summed E-state index contributed by atoms with van der Waals surface area (Å²) in [5, 5.41) is 19.2. The Labute approximate surface area is 203 Å². The van der Waals surface area contributed by atoms with E-state index < -0.39 is 57.7 Å². The molecule has 1 saturated heterocycles. The molecule has 1 fully saturated rings. The van der Waals surface area contributed by atoms with Crippen LogP contribution in [0.4, 0.5) is 0 Å². The molecule has 182 valence electrons. The number of nitrogens with one attached hydrogen (secondary N) is 2. The van der Waals surface area contributed by atoms with E-state index in [0.29, 0.717) is 5.57 Å². The van der Waals surface area contributed by atoms with Crippen LogP contribution in [0.5, 0.6) is 0 Å². The zero-order valence-corrected chi connectivity index (χ0v) is 19.9. The Morgan fingerprint density at radius 2 is 2.09 bits per heavy atom. The molecule has 3 rings (SSSR count). The van der Waals surface area contributed by atoms with E-state index in [1.165, 1.54) is 23.5 Å². The molecular formula is C17H16ClN6O8S2-. The smallest absolute Gasteiger partial charge is 0.339 e. The molecule has 34 heavy (non-hydrogen) atoms. The second-order valence-corrected chi connectivity index (χ2v) is 9.08. The van der Waals surface area contributed by atoms with Crippen molar-refractivity contribution in [2.24, 2.45) is 12.2 Å². The summed E-state index contributed by atoms with van der Waals surface area (Å²) in [7, 11) is 2.58. The number of nitrogens with zero attached hydrogens (tertiary/aromatic N) is 4. The summed E-state index contributed by atoms with van der Waals surface area (Å²) < 4.78 is 1.22. The lowest BCUT2D eigenvalue weighted by atomic mass is 10.0. The minimum atomic E-state index is -1.60. The van der Waals surface area contributed by atoms with Crippen molar-refractivity contribution >= 4 is 64.4 Å². The number of hydrogen-bond acceptors (Lipinski definition) is 12. The number of fused-ring (bicyclic) bond motifs is 1. The third-order valence-electron chi connectivity index (χ3n) is 4.63. The first kappa shape index (κ1) is 25.5. The van der Waals surface area contributed by atoms with Gasteiger partial charge in [-0.15, -0.1) is 23.4 Å². The number of H-pyrrole nitrogens is 1. The van der Waals surface area contributed by atoms with E-state index in [9.17, 15) is 33.9 Å². The number of carbonyl (C=O) groups is 4. The maximum absolute atomic E-state index is 12.7. The van der Waals surface area contributed by atoms with Gasteiger partial charge in [0.15, 0.2) is 5.16 Å². The Hall–Kier alpha value is -3.11. The number of aliphatic carboxylic acids is 1. The lowest BCUT2D eigenvalue weighted by molar-refractivity contribution is -0.301. The second-order valence-electron chi connectivity index (χ2n) is 6.77. The summed E-state index contributed by atoms with van der Waals surface area (Å²) in [4.78, 5) is 80.7. The van der Waals surface area contributed by atoms with Crippen molar-refractivity contribution in [2.45, 2.75) is 16.6 Å². The molecule has 2 atom stereocenters. The monoisotopic (exact) mass is 531 g/mol. The lowest BCUT2D eigenvalue weighted by Gasteiger charge is -2.50. The quantitative estimate of drug-likeness (QED) is 0.0618. The molecule has 14 nitrogen and oxygen atoms in total. The number of carbonyl (C=O) groups excluding carboxylic acids is 4. The normalized spacial score (nSPS) is 19.9. The molecule has 3 heterocycles. The van der Waals surface area contributed by atoms with Crippen molar-refractivity contribution in [3.8, 4) is 0 Å². The summed E-state index contributed by atoms with van der Waals surface area (Å²) in [5.74, 6) is -4.47. The molecule has 1 aromatic rings. The summed E-state index contributed by atoms with van der Waals surface area (Å²) in [6.45, 7) is 0. The van der Waals surface area contributed by atoms with Crippen molar-refractivity contribution in [3.05, 3.63) is 32.0 Å². The average molecular weight is 532 g/mol. The molecule has 2 unspecified atom stereocenters. The third kappa shape index (κ3) is 4.88. The van der Waals surface area contributed by atoms with E-state index in [0.717, 1.165) is 23.8 Å². The second kappa shape index (κ2) is 10.4. The van der Waals surface area contributed by atoms with Crippen LogP contribution in [0.2, 0.25) is 0 Å². The van der Waals surface area contributed by atoms with Crippen LogP contribution < -0.4 is 21.5 Å². The van der Waals surface area contributed by atoms with Gasteiger partial charge in [-0.05, 0) is 5.57 Å². The Balaban J connectivity index is 1.78. The Bertz CT molecular complexity index is 1240. The number of aromatic nitrogens is 3. The van der Waals surface area contributed by atoms with Gasteiger partial charge < -0.3 is 20.1 Å². The largest absolute Gasteiger partial charge is 0.543 e. The number of oxime groups is 1. The highest BCUT2D eigenvalue weighted by Crippen LogP contribution is 2.41. The number of carboxylic acids is 1. The summed E-state index contributed by atoms with van der Waals surface area (Å²) >= 11 is 7.62. The highest BCUT2D eigenvalue weighted by atomic mass is 35.5. The first-order valence-electron chi connectivity index (χ1n) is 9.30. The van der Waals surface area contributed by atoms with Crippen LogP contribution in [0.25, 0.3) is 0 Å². The molecule has 0 aromatic carbocycles. The van der Waals surface area contributed by atoms with Crippen molar-refractivity contribution in [1.29, 1.82) is 0 Å². The number of halogens is 1. The molecule has 17 heteroatoms. The SMILES string of the molecule is CO/N=C(\C(=O)CCl)C(=O)NC1C(=O)N2C(C(=O)[O-])=C(CSc3nc(=O)c(=O)[nH]n3C)CSC12. The van der Waals surface area contributed by atoms with Crippen molar-refractivity contribution in [1.82, 2.24) is 25.0 Å². The topological polar surface area (TPSA) is 196 Å². The van der Waals surface area contributed by atoms with Gasteiger partial charge in [-0.1, -0.05) is 16.9 Å². The average Bonchev–Trinajstić information content (AvgIpc) is 2.80. The number of hydrogen-bond donors (Lipinski definition) is 2. The Kier molecular flexibility index (Phi) is 7.83. The Morgan fingerprint density at radius 3 is 2.71 bits per heavy atom. The molecule has 0 radical (unpaired) electrons. The molecule has 2 aliphatic heterocycles. The first-order valence-corrected chi connectivity index (χ1v) is 11.9. The van der Waals surface area contributed by atoms with Gasteiger partial charge in [0.1, 0.15) is 18.5 Å². The number of Topliss-reactive ketones (excluding diaryl/α,β-unsaturated/α-hetero) is 1. The van der Waals surface area contributed by atoms with Crippen LogP contribution in [-0.4, -0.2) is 84.9 Å². The van der Waals surface area contributed by atoms with Gasteiger partial charge in [-0.2, -0.15) is 4.98 Å². The fourth-order valence-corrected chi connectivity index (χ4v) is 5.64. The van der Waals surface area contributed by atoms with Gasteiger partial charge in [0.2, 0.25) is 11.5 Å².